The molecule has 1 aromatic carbocycles. The predicted octanol–water partition coefficient (Wildman–Crippen LogP) is 3.41. The van der Waals surface area contributed by atoms with Crippen molar-refractivity contribution in [1.29, 1.82) is 0 Å². The minimum atomic E-state index is 0.374. The molecular formula is C18H14N6. The third kappa shape index (κ3) is 2.72. The number of anilines is 3. The highest BCUT2D eigenvalue weighted by molar-refractivity contribution is 5.83. The Kier molecular flexibility index (Phi) is 3.47. The number of fused-ring (bicyclic) bond motifs is 1. The van der Waals surface area contributed by atoms with Gasteiger partial charge in [-0.25, -0.2) is 9.97 Å². The molecule has 4 aromatic rings. The van der Waals surface area contributed by atoms with Gasteiger partial charge >= 0.3 is 0 Å². The monoisotopic (exact) mass is 314 g/mol. The van der Waals surface area contributed by atoms with Gasteiger partial charge in [0.25, 0.3) is 0 Å². The molecule has 0 unspecified atom stereocenters. The van der Waals surface area contributed by atoms with Gasteiger partial charge in [0.2, 0.25) is 5.95 Å². The van der Waals surface area contributed by atoms with Crippen LogP contribution in [0.1, 0.15) is 0 Å². The number of hydrogen-bond acceptors (Lipinski definition) is 6. The Balaban J connectivity index is 1.68. The van der Waals surface area contributed by atoms with Gasteiger partial charge in [0.05, 0.1) is 28.7 Å². The smallest absolute Gasteiger partial charge is 0.229 e. The van der Waals surface area contributed by atoms with Crippen molar-refractivity contribution in [3.63, 3.8) is 0 Å². The molecule has 6 heteroatoms. The quantitative estimate of drug-likeness (QED) is 0.602. The summed E-state index contributed by atoms with van der Waals surface area (Å²) in [6, 6.07) is 15.6. The largest absolute Gasteiger partial charge is 0.383 e. The fourth-order valence-corrected chi connectivity index (χ4v) is 2.43. The second-order valence-electron chi connectivity index (χ2n) is 5.25. The summed E-state index contributed by atoms with van der Waals surface area (Å²) in [5.74, 6) is 0.796. The molecule has 3 heterocycles. The Morgan fingerprint density at radius 2 is 1.79 bits per heavy atom. The van der Waals surface area contributed by atoms with E-state index in [1.165, 1.54) is 0 Å². The van der Waals surface area contributed by atoms with Crippen LogP contribution in [0, 0.1) is 0 Å². The van der Waals surface area contributed by atoms with E-state index >= 15 is 0 Å². The molecule has 0 atom stereocenters. The van der Waals surface area contributed by atoms with E-state index in [0.717, 1.165) is 22.3 Å². The van der Waals surface area contributed by atoms with E-state index in [1.54, 1.807) is 18.6 Å². The number of benzene rings is 1. The molecule has 3 aromatic heterocycles. The van der Waals surface area contributed by atoms with Crippen molar-refractivity contribution in [1.82, 2.24) is 19.9 Å². The summed E-state index contributed by atoms with van der Waals surface area (Å²) >= 11 is 0. The van der Waals surface area contributed by atoms with Crippen LogP contribution in [0.2, 0.25) is 0 Å². The first-order valence-electron chi connectivity index (χ1n) is 7.45. The summed E-state index contributed by atoms with van der Waals surface area (Å²) in [6.45, 7) is 0. The Bertz CT molecular complexity index is 1000. The predicted molar refractivity (Wildman–Crippen MR) is 94.7 cm³/mol. The van der Waals surface area contributed by atoms with Gasteiger partial charge in [-0.15, -0.1) is 0 Å². The van der Waals surface area contributed by atoms with Crippen LogP contribution in [-0.2, 0) is 0 Å². The lowest BCUT2D eigenvalue weighted by molar-refractivity contribution is 1.16. The molecule has 0 radical (unpaired) electrons. The summed E-state index contributed by atoms with van der Waals surface area (Å²) < 4.78 is 0. The molecule has 0 spiro atoms. The zero-order valence-electron chi connectivity index (χ0n) is 12.7. The van der Waals surface area contributed by atoms with Crippen LogP contribution in [0.15, 0.2) is 67.1 Å². The van der Waals surface area contributed by atoms with Gasteiger partial charge in [-0.2, -0.15) is 4.98 Å². The van der Waals surface area contributed by atoms with Crippen LogP contribution >= 0.6 is 0 Å². The lowest BCUT2D eigenvalue weighted by Crippen LogP contribution is -2.02. The average molecular weight is 314 g/mol. The van der Waals surface area contributed by atoms with Gasteiger partial charge in [0, 0.05) is 17.8 Å². The number of nitrogens with one attached hydrogen (secondary N) is 1. The van der Waals surface area contributed by atoms with Crippen molar-refractivity contribution in [3.8, 4) is 11.3 Å². The minimum absolute atomic E-state index is 0.374. The van der Waals surface area contributed by atoms with Crippen LogP contribution in [-0.4, -0.2) is 19.9 Å². The maximum Gasteiger partial charge on any atom is 0.229 e. The molecule has 0 aliphatic carbocycles. The van der Waals surface area contributed by atoms with Gasteiger partial charge in [-0.1, -0.05) is 24.3 Å². The number of pyridine rings is 2. The van der Waals surface area contributed by atoms with E-state index in [2.05, 4.69) is 25.3 Å². The zero-order valence-corrected chi connectivity index (χ0v) is 12.7. The first-order valence-corrected chi connectivity index (χ1v) is 7.45. The van der Waals surface area contributed by atoms with E-state index in [4.69, 9.17) is 5.73 Å². The third-order valence-electron chi connectivity index (χ3n) is 3.61. The number of nitrogen functional groups attached to an aromatic ring is 1. The summed E-state index contributed by atoms with van der Waals surface area (Å²) in [5.41, 5.74) is 9.27. The maximum atomic E-state index is 6.10. The third-order valence-corrected chi connectivity index (χ3v) is 3.61. The molecule has 116 valence electrons. The Morgan fingerprint density at radius 3 is 2.62 bits per heavy atom. The van der Waals surface area contributed by atoms with Crippen molar-refractivity contribution >= 4 is 28.4 Å². The highest BCUT2D eigenvalue weighted by atomic mass is 15.1. The Labute approximate surface area is 138 Å². The summed E-state index contributed by atoms with van der Waals surface area (Å²) in [6.07, 6.45) is 5.07. The maximum absolute atomic E-state index is 6.10. The number of rotatable bonds is 3. The van der Waals surface area contributed by atoms with Crippen molar-refractivity contribution < 1.29 is 0 Å². The van der Waals surface area contributed by atoms with E-state index < -0.39 is 0 Å². The van der Waals surface area contributed by atoms with Crippen LogP contribution in [0.4, 0.5) is 17.5 Å². The molecule has 0 aliphatic rings. The van der Waals surface area contributed by atoms with Crippen molar-refractivity contribution in [3.05, 3.63) is 67.1 Å². The fourth-order valence-electron chi connectivity index (χ4n) is 2.43. The van der Waals surface area contributed by atoms with Gasteiger partial charge in [-0.3, -0.25) is 4.98 Å². The highest BCUT2D eigenvalue weighted by Gasteiger charge is 2.09. The second kappa shape index (κ2) is 5.92. The molecule has 0 saturated carbocycles. The molecule has 0 saturated heterocycles. The van der Waals surface area contributed by atoms with Gasteiger partial charge < -0.3 is 11.1 Å². The molecule has 0 amide bonds. The van der Waals surface area contributed by atoms with Crippen molar-refractivity contribution in [2.45, 2.75) is 0 Å². The topological polar surface area (TPSA) is 89.6 Å². The van der Waals surface area contributed by atoms with Gasteiger partial charge in [0.1, 0.15) is 5.82 Å². The molecular weight excluding hydrogens is 300 g/mol. The molecule has 4 rings (SSSR count). The lowest BCUT2D eigenvalue weighted by atomic mass is 10.1. The summed E-state index contributed by atoms with van der Waals surface area (Å²) in [5, 5.41) is 4.15. The van der Waals surface area contributed by atoms with Gasteiger partial charge in [-0.05, 0) is 24.3 Å². The van der Waals surface area contributed by atoms with Crippen LogP contribution < -0.4 is 11.1 Å². The Hall–Kier alpha value is -3.54. The SMILES string of the molecule is Nc1nc(Nc2cccnc2)ncc1-c1ccc2ccccc2n1. The highest BCUT2D eigenvalue weighted by Crippen LogP contribution is 2.25. The second-order valence-corrected chi connectivity index (χ2v) is 5.25. The normalized spacial score (nSPS) is 10.7. The van der Waals surface area contributed by atoms with E-state index in [1.807, 2.05) is 48.5 Å². The first-order chi connectivity index (χ1) is 11.8. The van der Waals surface area contributed by atoms with Gasteiger partial charge in [0.15, 0.2) is 0 Å². The van der Waals surface area contributed by atoms with Crippen LogP contribution in [0.25, 0.3) is 22.2 Å². The summed E-state index contributed by atoms with van der Waals surface area (Å²) in [7, 11) is 0. The number of nitrogens with two attached hydrogens (primary N) is 1. The molecule has 3 N–H and O–H groups in total. The molecule has 0 bridgehead atoms. The molecule has 0 fully saturated rings. The van der Waals surface area contributed by atoms with Crippen LogP contribution in [0.3, 0.4) is 0 Å². The van der Waals surface area contributed by atoms with E-state index in [-0.39, 0.29) is 0 Å². The van der Waals surface area contributed by atoms with E-state index in [0.29, 0.717) is 17.3 Å². The number of hydrogen-bond donors (Lipinski definition) is 2. The van der Waals surface area contributed by atoms with Crippen molar-refractivity contribution in [2.24, 2.45) is 0 Å². The van der Waals surface area contributed by atoms with E-state index in [9.17, 15) is 0 Å². The summed E-state index contributed by atoms with van der Waals surface area (Å²) in [4.78, 5) is 17.3. The standard InChI is InChI=1S/C18H14N6/c19-17-14(16-8-7-12-4-1-2-6-15(12)23-16)11-21-18(24-17)22-13-5-3-9-20-10-13/h1-11H,(H3,19,21,22,24). The Morgan fingerprint density at radius 1 is 0.875 bits per heavy atom. The number of aromatic nitrogens is 4. The minimum Gasteiger partial charge on any atom is -0.383 e. The van der Waals surface area contributed by atoms with Crippen LogP contribution in [0.5, 0.6) is 0 Å². The first kappa shape index (κ1) is 14.1. The lowest BCUT2D eigenvalue weighted by Gasteiger charge is -2.08. The zero-order chi connectivity index (χ0) is 16.4. The molecule has 0 aliphatic heterocycles. The molecule has 6 nitrogen and oxygen atoms in total. The fraction of sp³-hybridized carbons (Fsp3) is 0. The van der Waals surface area contributed by atoms with Crippen molar-refractivity contribution in [2.75, 3.05) is 11.1 Å². The average Bonchev–Trinajstić information content (AvgIpc) is 2.62. The number of nitrogens with zero attached hydrogens (tertiary/aromatic N) is 4. The number of para-hydroxylation sites is 1. The molecule has 24 heavy (non-hydrogen) atoms.